The fourth-order valence-corrected chi connectivity index (χ4v) is 3.90. The third-order valence-electron chi connectivity index (χ3n) is 5.00. The van der Waals surface area contributed by atoms with Gasteiger partial charge in [0.1, 0.15) is 0 Å². The molecule has 5 heteroatoms. The molecule has 2 aliphatic rings. The highest BCUT2D eigenvalue weighted by atomic mass is 16.7. The van der Waals surface area contributed by atoms with Crippen molar-refractivity contribution in [3.63, 3.8) is 0 Å². The summed E-state index contributed by atoms with van der Waals surface area (Å²) in [4.78, 5) is 2.18. The van der Waals surface area contributed by atoms with Crippen molar-refractivity contribution < 1.29 is 19.3 Å². The average Bonchev–Trinajstić information content (AvgIpc) is 3.06. The third-order valence-corrected chi connectivity index (χ3v) is 5.00. The van der Waals surface area contributed by atoms with Gasteiger partial charge in [-0.15, -0.1) is 0 Å². The van der Waals surface area contributed by atoms with E-state index in [2.05, 4.69) is 30.1 Å². The van der Waals surface area contributed by atoms with Crippen LogP contribution in [0.5, 0.6) is 23.0 Å². The molecular formula is C20H17NO4. The maximum Gasteiger partial charge on any atom is 0.231 e. The van der Waals surface area contributed by atoms with Gasteiger partial charge < -0.3 is 24.2 Å². The molecule has 0 spiro atoms. The first-order valence-corrected chi connectivity index (χ1v) is 8.14. The molecule has 3 aromatic rings. The maximum absolute atomic E-state index is 10.1. The zero-order valence-corrected chi connectivity index (χ0v) is 14.0. The number of ether oxygens (including phenoxy) is 3. The Labute approximate surface area is 145 Å². The number of phenolic OH excluding ortho intramolecular Hbond substituents is 1. The molecule has 3 aromatic carbocycles. The van der Waals surface area contributed by atoms with E-state index >= 15 is 0 Å². The fourth-order valence-electron chi connectivity index (χ4n) is 3.90. The summed E-state index contributed by atoms with van der Waals surface area (Å²) in [7, 11) is 3.64. The Kier molecular flexibility index (Phi) is 2.83. The number of benzene rings is 3. The third kappa shape index (κ3) is 1.89. The number of phenols is 1. The molecule has 5 rings (SSSR count). The summed E-state index contributed by atoms with van der Waals surface area (Å²) >= 11 is 0. The van der Waals surface area contributed by atoms with E-state index in [4.69, 9.17) is 14.2 Å². The molecule has 126 valence electrons. The van der Waals surface area contributed by atoms with Crippen LogP contribution >= 0.6 is 0 Å². The number of nitrogens with zero attached hydrogens (tertiary/aromatic N) is 1. The first-order valence-electron chi connectivity index (χ1n) is 8.14. The molecule has 0 radical (unpaired) electrons. The molecule has 1 N–H and O–H groups in total. The highest BCUT2D eigenvalue weighted by molar-refractivity contribution is 6.05. The van der Waals surface area contributed by atoms with E-state index in [-0.39, 0.29) is 12.5 Å². The second-order valence-electron chi connectivity index (χ2n) is 6.39. The molecule has 0 amide bonds. The van der Waals surface area contributed by atoms with Crippen LogP contribution < -0.4 is 19.1 Å². The Balaban J connectivity index is 1.82. The van der Waals surface area contributed by atoms with Crippen molar-refractivity contribution >= 4 is 16.5 Å². The Morgan fingerprint density at radius 2 is 1.80 bits per heavy atom. The van der Waals surface area contributed by atoms with Crippen LogP contribution in [-0.4, -0.2) is 26.1 Å². The van der Waals surface area contributed by atoms with Crippen molar-refractivity contribution in [1.82, 2.24) is 0 Å². The summed E-state index contributed by atoms with van der Waals surface area (Å²) in [6.07, 6.45) is 0. The highest BCUT2D eigenvalue weighted by Crippen LogP contribution is 2.49. The minimum atomic E-state index is 0.169. The SMILES string of the molecule is COc1c(O)ccc2c1CN(C)c1c-2ccc2cc3c(cc12)OCO3. The average molecular weight is 335 g/mol. The van der Waals surface area contributed by atoms with E-state index < -0.39 is 0 Å². The number of hydrogen-bond acceptors (Lipinski definition) is 5. The number of aromatic hydroxyl groups is 1. The van der Waals surface area contributed by atoms with E-state index in [1.54, 1.807) is 13.2 Å². The summed E-state index contributed by atoms with van der Waals surface area (Å²) in [6.45, 7) is 0.927. The summed E-state index contributed by atoms with van der Waals surface area (Å²) in [5.41, 5.74) is 4.35. The van der Waals surface area contributed by atoms with E-state index in [1.807, 2.05) is 12.1 Å². The maximum atomic E-state index is 10.1. The van der Waals surface area contributed by atoms with Crippen molar-refractivity contribution in [3.05, 3.63) is 42.0 Å². The van der Waals surface area contributed by atoms with Gasteiger partial charge in [0.05, 0.1) is 12.8 Å². The molecule has 2 aliphatic heterocycles. The lowest BCUT2D eigenvalue weighted by Gasteiger charge is -2.32. The number of anilines is 1. The first kappa shape index (κ1) is 14.3. The molecule has 0 aromatic heterocycles. The summed E-state index contributed by atoms with van der Waals surface area (Å²) in [5, 5.41) is 12.3. The second-order valence-corrected chi connectivity index (χ2v) is 6.39. The minimum Gasteiger partial charge on any atom is -0.504 e. The Hall–Kier alpha value is -3.08. The van der Waals surface area contributed by atoms with Gasteiger partial charge in [-0.05, 0) is 29.1 Å². The molecule has 0 aliphatic carbocycles. The molecule has 0 fully saturated rings. The topological polar surface area (TPSA) is 51.2 Å². The van der Waals surface area contributed by atoms with Gasteiger partial charge in [0, 0.05) is 30.1 Å². The lowest BCUT2D eigenvalue weighted by Crippen LogP contribution is -2.22. The van der Waals surface area contributed by atoms with Crippen LogP contribution in [0.2, 0.25) is 0 Å². The lowest BCUT2D eigenvalue weighted by atomic mass is 9.90. The van der Waals surface area contributed by atoms with Gasteiger partial charge in [-0.3, -0.25) is 0 Å². The number of fused-ring (bicyclic) bond motifs is 6. The van der Waals surface area contributed by atoms with Gasteiger partial charge >= 0.3 is 0 Å². The molecule has 5 nitrogen and oxygen atoms in total. The second kappa shape index (κ2) is 4.96. The fraction of sp³-hybridized carbons (Fsp3) is 0.200. The molecule has 2 heterocycles. The van der Waals surface area contributed by atoms with Crippen LogP contribution in [0.3, 0.4) is 0 Å². The smallest absolute Gasteiger partial charge is 0.231 e. The molecular weight excluding hydrogens is 318 g/mol. The van der Waals surface area contributed by atoms with Crippen LogP contribution in [0.15, 0.2) is 36.4 Å². The molecule has 0 saturated carbocycles. The standard InChI is InChI=1S/C20H17NO4/c1-21-9-15-12(5-6-16(22)20(15)23-2)13-4-3-11-7-17-18(25-10-24-17)8-14(11)19(13)21/h3-8,22H,9-10H2,1-2H3. The van der Waals surface area contributed by atoms with Crippen molar-refractivity contribution in [3.8, 4) is 34.1 Å². The molecule has 25 heavy (non-hydrogen) atoms. The summed E-state index contributed by atoms with van der Waals surface area (Å²) in [6, 6.07) is 11.9. The van der Waals surface area contributed by atoms with Crippen molar-refractivity contribution in [1.29, 1.82) is 0 Å². The van der Waals surface area contributed by atoms with Gasteiger partial charge in [-0.25, -0.2) is 0 Å². The van der Waals surface area contributed by atoms with Crippen molar-refractivity contribution in [2.45, 2.75) is 6.54 Å². The molecule has 0 saturated heterocycles. The van der Waals surface area contributed by atoms with Gasteiger partial charge in [0.2, 0.25) is 6.79 Å². The Morgan fingerprint density at radius 3 is 2.60 bits per heavy atom. The van der Waals surface area contributed by atoms with Crippen LogP contribution in [-0.2, 0) is 6.54 Å². The first-order chi connectivity index (χ1) is 12.2. The number of methoxy groups -OCH3 is 1. The van der Waals surface area contributed by atoms with Gasteiger partial charge in [-0.2, -0.15) is 0 Å². The summed E-state index contributed by atoms with van der Waals surface area (Å²) in [5.74, 6) is 2.28. The highest BCUT2D eigenvalue weighted by Gasteiger charge is 2.27. The Bertz CT molecular complexity index is 1030. The Morgan fingerprint density at radius 1 is 1.04 bits per heavy atom. The van der Waals surface area contributed by atoms with Crippen LogP contribution in [0.4, 0.5) is 5.69 Å². The zero-order chi connectivity index (χ0) is 17.1. The lowest BCUT2D eigenvalue weighted by molar-refractivity contribution is 0.174. The predicted octanol–water partition coefficient (Wildman–Crippen LogP) is 3.90. The molecule has 0 bridgehead atoms. The normalized spacial score (nSPS) is 14.4. The number of hydrogen-bond donors (Lipinski definition) is 1. The number of rotatable bonds is 1. The van der Waals surface area contributed by atoms with Gasteiger partial charge in [0.15, 0.2) is 23.0 Å². The molecule has 0 unspecified atom stereocenters. The largest absolute Gasteiger partial charge is 0.504 e. The zero-order valence-electron chi connectivity index (χ0n) is 14.0. The van der Waals surface area contributed by atoms with E-state index in [1.165, 1.54) is 0 Å². The van der Waals surface area contributed by atoms with Crippen molar-refractivity contribution in [2.75, 3.05) is 25.9 Å². The monoisotopic (exact) mass is 335 g/mol. The predicted molar refractivity (Wildman–Crippen MR) is 95.8 cm³/mol. The molecule has 0 atom stereocenters. The summed E-state index contributed by atoms with van der Waals surface area (Å²) < 4.78 is 16.5. The van der Waals surface area contributed by atoms with E-state index in [0.29, 0.717) is 12.3 Å². The van der Waals surface area contributed by atoms with Gasteiger partial charge in [0.25, 0.3) is 0 Å². The van der Waals surface area contributed by atoms with E-state index in [0.717, 1.165) is 44.6 Å². The van der Waals surface area contributed by atoms with Crippen molar-refractivity contribution in [2.24, 2.45) is 0 Å². The van der Waals surface area contributed by atoms with Crippen LogP contribution in [0.25, 0.3) is 21.9 Å². The van der Waals surface area contributed by atoms with Gasteiger partial charge in [-0.1, -0.05) is 18.2 Å². The van der Waals surface area contributed by atoms with Crippen LogP contribution in [0, 0.1) is 0 Å². The quantitative estimate of drug-likeness (QED) is 0.731. The van der Waals surface area contributed by atoms with Crippen LogP contribution in [0.1, 0.15) is 5.56 Å². The minimum absolute atomic E-state index is 0.169. The van der Waals surface area contributed by atoms with E-state index in [9.17, 15) is 5.11 Å².